The molecule has 0 rings (SSSR count). The number of nitrogens with one attached hydrogen (secondary N) is 1. The van der Waals surface area contributed by atoms with Gasteiger partial charge in [-0.3, -0.25) is 4.79 Å². The van der Waals surface area contributed by atoms with Crippen molar-refractivity contribution in [1.82, 2.24) is 5.32 Å². The number of amides is 1. The Morgan fingerprint density at radius 1 is 1.60 bits per heavy atom. The number of carbonyl (C=O) groups is 3. The Hall–Kier alpha value is -1.39. The highest BCUT2D eigenvalue weighted by molar-refractivity contribution is 5.94. The van der Waals surface area contributed by atoms with Gasteiger partial charge in [-0.2, -0.15) is 0 Å². The zero-order valence-corrected chi connectivity index (χ0v) is 5.33. The fourth-order valence-electron chi connectivity index (χ4n) is 0.373. The summed E-state index contributed by atoms with van der Waals surface area (Å²) in [7, 11) is 0. The van der Waals surface area contributed by atoms with Crippen LogP contribution < -0.4 is 5.32 Å². The van der Waals surface area contributed by atoms with Crippen LogP contribution in [0.25, 0.3) is 0 Å². The van der Waals surface area contributed by atoms with Gasteiger partial charge in [0.05, 0.1) is 0 Å². The van der Waals surface area contributed by atoms with E-state index in [9.17, 15) is 14.4 Å². The van der Waals surface area contributed by atoms with Crippen LogP contribution in [0.5, 0.6) is 0 Å². The molecular formula is C5H7NO4. The van der Waals surface area contributed by atoms with Gasteiger partial charge in [-0.25, -0.2) is 4.79 Å². The summed E-state index contributed by atoms with van der Waals surface area (Å²) in [6.07, 6.45) is 0.156. The molecule has 1 unspecified atom stereocenters. The minimum absolute atomic E-state index is 0.156. The summed E-state index contributed by atoms with van der Waals surface area (Å²) in [6, 6.07) is -1.42. The van der Waals surface area contributed by atoms with Crippen LogP contribution in [0.15, 0.2) is 0 Å². The van der Waals surface area contributed by atoms with Gasteiger partial charge in [-0.15, -0.1) is 0 Å². The highest BCUT2D eigenvalue weighted by atomic mass is 16.4. The number of hydrogen-bond acceptors (Lipinski definition) is 3. The summed E-state index contributed by atoms with van der Waals surface area (Å²) in [5, 5.41) is 10.1. The Bertz CT molecular complexity index is 165. The smallest absolute Gasteiger partial charge is 0.333 e. The van der Waals surface area contributed by atoms with Crippen molar-refractivity contribution in [2.24, 2.45) is 0 Å². The molecular weight excluding hydrogens is 138 g/mol. The van der Waals surface area contributed by atoms with Crippen LogP contribution in [-0.2, 0) is 14.4 Å². The van der Waals surface area contributed by atoms with Gasteiger partial charge in [0.1, 0.15) is 0 Å². The number of carboxylic acid groups (broad SMARTS) is 1. The Kier molecular flexibility index (Phi) is 3.10. The van der Waals surface area contributed by atoms with Crippen LogP contribution in [0.1, 0.15) is 6.92 Å². The average Bonchev–Trinajstić information content (AvgIpc) is 1.81. The predicted molar refractivity (Wildman–Crippen MR) is 31.3 cm³/mol. The maximum atomic E-state index is 10.2. The highest BCUT2D eigenvalue weighted by Crippen LogP contribution is 1.76. The van der Waals surface area contributed by atoms with Gasteiger partial charge in [0.2, 0.25) is 5.91 Å². The second kappa shape index (κ2) is 3.60. The average molecular weight is 145 g/mol. The summed E-state index contributed by atoms with van der Waals surface area (Å²) < 4.78 is 0. The lowest BCUT2D eigenvalue weighted by molar-refractivity contribution is -0.143. The molecule has 2 N–H and O–H groups in total. The third-order valence-electron chi connectivity index (χ3n) is 0.761. The minimum Gasteiger partial charge on any atom is -0.479 e. The van der Waals surface area contributed by atoms with E-state index in [4.69, 9.17) is 5.11 Å². The SMILES string of the molecule is CC(=O)NC(C=O)C(=O)O. The predicted octanol–water partition coefficient (Wildman–Crippen LogP) is -1.23. The van der Waals surface area contributed by atoms with E-state index in [1.807, 2.05) is 5.32 Å². The fraction of sp³-hybridized carbons (Fsp3) is 0.400. The molecule has 0 heterocycles. The normalized spacial score (nSPS) is 11.7. The highest BCUT2D eigenvalue weighted by Gasteiger charge is 2.15. The first-order chi connectivity index (χ1) is 4.57. The third kappa shape index (κ3) is 2.81. The van der Waals surface area contributed by atoms with E-state index in [0.29, 0.717) is 0 Å². The first kappa shape index (κ1) is 8.61. The topological polar surface area (TPSA) is 83.5 Å². The quantitative estimate of drug-likeness (QED) is 0.385. The molecule has 1 atom stereocenters. The number of rotatable bonds is 3. The van der Waals surface area contributed by atoms with Crippen LogP contribution in [0.2, 0.25) is 0 Å². The van der Waals surface area contributed by atoms with E-state index in [2.05, 4.69) is 0 Å². The van der Waals surface area contributed by atoms with Gasteiger partial charge in [-0.1, -0.05) is 0 Å². The molecule has 0 radical (unpaired) electrons. The lowest BCUT2D eigenvalue weighted by Crippen LogP contribution is -2.40. The number of aliphatic carboxylic acids is 1. The minimum atomic E-state index is -1.42. The summed E-state index contributed by atoms with van der Waals surface area (Å²) in [5.74, 6) is -1.90. The van der Waals surface area contributed by atoms with E-state index in [0.717, 1.165) is 6.92 Å². The zero-order chi connectivity index (χ0) is 8.15. The first-order valence-corrected chi connectivity index (χ1v) is 2.53. The molecule has 10 heavy (non-hydrogen) atoms. The molecule has 0 aliphatic carbocycles. The van der Waals surface area contributed by atoms with Crippen LogP contribution >= 0.6 is 0 Å². The molecule has 0 saturated heterocycles. The van der Waals surface area contributed by atoms with Gasteiger partial charge in [0.15, 0.2) is 12.3 Å². The van der Waals surface area contributed by atoms with Gasteiger partial charge < -0.3 is 15.2 Å². The molecule has 0 spiro atoms. The van der Waals surface area contributed by atoms with E-state index < -0.39 is 17.9 Å². The number of hydrogen-bond donors (Lipinski definition) is 2. The van der Waals surface area contributed by atoms with Gasteiger partial charge in [0.25, 0.3) is 0 Å². The molecule has 0 aliphatic heterocycles. The standard InChI is InChI=1S/C5H7NO4/c1-3(8)6-4(2-7)5(9)10/h2,4H,1H3,(H,6,8)(H,9,10). The maximum absolute atomic E-state index is 10.2. The van der Waals surface area contributed by atoms with Gasteiger partial charge in [0, 0.05) is 6.92 Å². The van der Waals surface area contributed by atoms with Crippen molar-refractivity contribution in [3.63, 3.8) is 0 Å². The molecule has 0 fully saturated rings. The molecule has 5 nitrogen and oxygen atoms in total. The van der Waals surface area contributed by atoms with E-state index >= 15 is 0 Å². The Morgan fingerprint density at radius 3 is 2.20 bits per heavy atom. The zero-order valence-electron chi connectivity index (χ0n) is 5.33. The van der Waals surface area contributed by atoms with Crippen molar-refractivity contribution in [3.05, 3.63) is 0 Å². The van der Waals surface area contributed by atoms with E-state index in [1.165, 1.54) is 0 Å². The molecule has 0 aromatic carbocycles. The monoisotopic (exact) mass is 145 g/mol. The Morgan fingerprint density at radius 2 is 2.10 bits per heavy atom. The third-order valence-corrected chi connectivity index (χ3v) is 0.761. The van der Waals surface area contributed by atoms with Crippen molar-refractivity contribution in [2.45, 2.75) is 13.0 Å². The lowest BCUT2D eigenvalue weighted by atomic mass is 10.3. The maximum Gasteiger partial charge on any atom is 0.333 e. The van der Waals surface area contributed by atoms with Crippen LogP contribution in [0.4, 0.5) is 0 Å². The van der Waals surface area contributed by atoms with Gasteiger partial charge in [-0.05, 0) is 0 Å². The Labute approximate surface area is 57.0 Å². The van der Waals surface area contributed by atoms with Crippen LogP contribution in [0.3, 0.4) is 0 Å². The van der Waals surface area contributed by atoms with Crippen molar-refractivity contribution in [3.8, 4) is 0 Å². The largest absolute Gasteiger partial charge is 0.479 e. The molecule has 1 amide bonds. The van der Waals surface area contributed by atoms with Crippen LogP contribution in [-0.4, -0.2) is 29.3 Å². The molecule has 0 saturated carbocycles. The van der Waals surface area contributed by atoms with Crippen molar-refractivity contribution in [1.29, 1.82) is 0 Å². The Balaban J connectivity index is 3.96. The van der Waals surface area contributed by atoms with Crippen molar-refractivity contribution in [2.75, 3.05) is 0 Å². The molecule has 0 aromatic rings. The van der Waals surface area contributed by atoms with E-state index in [-0.39, 0.29) is 6.29 Å². The first-order valence-electron chi connectivity index (χ1n) is 2.53. The second-order valence-corrected chi connectivity index (χ2v) is 1.65. The van der Waals surface area contributed by atoms with Crippen molar-refractivity contribution >= 4 is 18.2 Å². The molecule has 0 aromatic heterocycles. The number of carboxylic acids is 1. The molecule has 56 valence electrons. The second-order valence-electron chi connectivity index (χ2n) is 1.65. The summed E-state index contributed by atoms with van der Waals surface area (Å²) in [4.78, 5) is 30.1. The van der Waals surface area contributed by atoms with E-state index in [1.54, 1.807) is 0 Å². The summed E-state index contributed by atoms with van der Waals surface area (Å²) in [5.41, 5.74) is 0. The molecule has 0 aliphatic rings. The lowest BCUT2D eigenvalue weighted by Gasteiger charge is -2.03. The summed E-state index contributed by atoms with van der Waals surface area (Å²) in [6.45, 7) is 1.14. The number of carbonyl (C=O) groups excluding carboxylic acids is 2. The summed E-state index contributed by atoms with van der Waals surface area (Å²) >= 11 is 0. The molecule has 5 heteroatoms. The molecule has 0 bridgehead atoms. The fourth-order valence-corrected chi connectivity index (χ4v) is 0.373. The van der Waals surface area contributed by atoms with Gasteiger partial charge >= 0.3 is 5.97 Å². The van der Waals surface area contributed by atoms with Crippen molar-refractivity contribution < 1.29 is 19.5 Å². The van der Waals surface area contributed by atoms with Crippen LogP contribution in [0, 0.1) is 0 Å². The number of aldehydes is 1.